The molecule has 0 saturated heterocycles. The Labute approximate surface area is 326 Å². The Hall–Kier alpha value is -4.70. The maximum Gasteiger partial charge on any atom is 0.251 e. The van der Waals surface area contributed by atoms with E-state index >= 15 is 0 Å². The molecule has 1 aliphatic rings. The van der Waals surface area contributed by atoms with Gasteiger partial charge in [0.25, 0.3) is 5.91 Å². The highest BCUT2D eigenvalue weighted by Gasteiger charge is 2.30. The summed E-state index contributed by atoms with van der Waals surface area (Å²) >= 11 is 6.22. The number of aromatic nitrogens is 3. The van der Waals surface area contributed by atoms with E-state index in [1.165, 1.54) is 0 Å². The Kier molecular flexibility index (Phi) is 17.1. The normalized spacial score (nSPS) is 13.4. The number of ether oxygens (including phenoxy) is 6. The number of halogens is 1. The van der Waals surface area contributed by atoms with E-state index < -0.39 is 6.04 Å². The molecule has 0 aliphatic carbocycles. The minimum absolute atomic E-state index is 0.117. The van der Waals surface area contributed by atoms with Gasteiger partial charge in [-0.25, -0.2) is 0 Å². The van der Waals surface area contributed by atoms with Gasteiger partial charge in [-0.2, -0.15) is 0 Å². The van der Waals surface area contributed by atoms with Gasteiger partial charge >= 0.3 is 0 Å². The molecule has 294 valence electrons. The second kappa shape index (κ2) is 22.6. The summed E-state index contributed by atoms with van der Waals surface area (Å²) in [6, 6.07) is 21.8. The first-order valence-corrected chi connectivity index (χ1v) is 18.8. The lowest BCUT2D eigenvalue weighted by atomic mass is 10.00. The van der Waals surface area contributed by atoms with Crippen LogP contribution in [0.1, 0.15) is 52.5 Å². The zero-order valence-electron chi connectivity index (χ0n) is 31.3. The van der Waals surface area contributed by atoms with Crippen LogP contribution < -0.4 is 15.4 Å². The van der Waals surface area contributed by atoms with Crippen LogP contribution in [0.2, 0.25) is 5.02 Å². The van der Waals surface area contributed by atoms with Crippen molar-refractivity contribution in [3.63, 3.8) is 0 Å². The number of aliphatic imine (C=N–C) groups is 1. The van der Waals surface area contributed by atoms with E-state index in [9.17, 15) is 9.59 Å². The highest BCUT2D eigenvalue weighted by atomic mass is 35.5. The molecule has 5 rings (SSSR count). The van der Waals surface area contributed by atoms with Gasteiger partial charge in [0.2, 0.25) is 5.91 Å². The summed E-state index contributed by atoms with van der Waals surface area (Å²) in [4.78, 5) is 29.8. The van der Waals surface area contributed by atoms with Gasteiger partial charge in [-0.1, -0.05) is 41.9 Å². The molecule has 0 bridgehead atoms. The van der Waals surface area contributed by atoms with Gasteiger partial charge in [0.1, 0.15) is 24.2 Å². The molecule has 1 aromatic heterocycles. The summed E-state index contributed by atoms with van der Waals surface area (Å²) < 4.78 is 35.9. The Morgan fingerprint density at radius 3 is 2.00 bits per heavy atom. The summed E-state index contributed by atoms with van der Waals surface area (Å²) in [7, 11) is 0. The fraction of sp³-hybridized carbons (Fsp3) is 0.425. The number of hydrogen-bond acceptors (Lipinski definition) is 11. The van der Waals surface area contributed by atoms with E-state index in [-0.39, 0.29) is 18.2 Å². The molecule has 0 radical (unpaired) electrons. The van der Waals surface area contributed by atoms with Gasteiger partial charge in [-0.05, 0) is 56.3 Å². The Morgan fingerprint density at radius 1 is 0.745 bits per heavy atom. The Balaban J connectivity index is 0.964. The number of carbonyl (C=O) groups is 2. The largest absolute Gasteiger partial charge is 0.491 e. The molecule has 0 fully saturated rings. The molecule has 4 aromatic rings. The van der Waals surface area contributed by atoms with Crippen LogP contribution in [-0.2, 0) is 28.5 Å². The molecular formula is C40H49ClN6O8. The number of aryl methyl sites for hydroxylation is 1. The quantitative estimate of drug-likeness (QED) is 0.0970. The molecule has 2 N–H and O–H groups in total. The average Bonchev–Trinajstić information content (AvgIpc) is 3.52. The molecule has 3 aromatic carbocycles. The highest BCUT2D eigenvalue weighted by Crippen LogP contribution is 2.34. The van der Waals surface area contributed by atoms with E-state index in [0.717, 1.165) is 16.8 Å². The Bertz CT molecular complexity index is 1820. The van der Waals surface area contributed by atoms with Crippen LogP contribution in [0.25, 0.3) is 5.69 Å². The van der Waals surface area contributed by atoms with Crippen molar-refractivity contribution in [3.8, 4) is 11.4 Å². The lowest BCUT2D eigenvalue weighted by molar-refractivity contribution is -0.121. The van der Waals surface area contributed by atoms with Crippen LogP contribution in [0.3, 0.4) is 0 Å². The lowest BCUT2D eigenvalue weighted by Crippen LogP contribution is -2.27. The average molecular weight is 777 g/mol. The summed E-state index contributed by atoms with van der Waals surface area (Å²) in [5.41, 5.74) is 3.83. The smallest absolute Gasteiger partial charge is 0.251 e. The maximum absolute atomic E-state index is 12.7. The molecule has 0 saturated carbocycles. The number of benzene rings is 3. The van der Waals surface area contributed by atoms with Gasteiger partial charge in [-0.3, -0.25) is 19.1 Å². The number of nitrogens with one attached hydrogen (secondary N) is 2. The van der Waals surface area contributed by atoms with Crippen LogP contribution in [0, 0.1) is 6.92 Å². The standard InChI is InChI=1S/C40H49ClN6O8/c1-3-42-37(48)28-35-39-46-45-29(2)47(39)36-14-13-33(27-34(36)38(44-35)30-9-11-32(41)12-10-30)55-26-25-54-24-23-53-22-21-52-20-19-51-18-17-50-16-15-43-40(49)31-7-5-4-6-8-31/h4-14,27,35H,3,15-26,28H2,1-2H3,(H,42,48)(H,43,49)/t35-/m0/s1. The predicted molar refractivity (Wildman–Crippen MR) is 208 cm³/mol. The number of rotatable bonds is 24. The first kappa shape index (κ1) is 41.5. The minimum atomic E-state index is -0.553. The van der Waals surface area contributed by atoms with Crippen LogP contribution >= 0.6 is 11.6 Å². The Morgan fingerprint density at radius 2 is 1.36 bits per heavy atom. The third-order valence-electron chi connectivity index (χ3n) is 8.32. The SMILES string of the molecule is CCNC(=O)C[C@@H]1N=C(c2ccc(Cl)cc2)c2cc(OCCOCCOCCOCCOCCOCCNC(=O)c3ccccc3)ccc2-n2c(C)nnc21. The van der Waals surface area contributed by atoms with Crippen molar-refractivity contribution in [3.05, 3.63) is 106 Å². The zero-order chi connectivity index (χ0) is 38.7. The molecule has 2 amide bonds. The van der Waals surface area contributed by atoms with Crippen molar-refractivity contribution in [2.24, 2.45) is 4.99 Å². The molecule has 15 heteroatoms. The number of amides is 2. The second-order valence-corrected chi connectivity index (χ2v) is 12.7. The number of fused-ring (bicyclic) bond motifs is 3. The third kappa shape index (κ3) is 12.9. The van der Waals surface area contributed by atoms with Crippen molar-refractivity contribution in [2.45, 2.75) is 26.3 Å². The number of nitrogens with zero attached hydrogens (tertiary/aromatic N) is 4. The van der Waals surface area contributed by atoms with Gasteiger partial charge in [0.15, 0.2) is 5.82 Å². The van der Waals surface area contributed by atoms with Crippen LogP contribution in [0.15, 0.2) is 77.8 Å². The fourth-order valence-electron chi connectivity index (χ4n) is 5.71. The number of hydrogen-bond donors (Lipinski definition) is 2. The minimum Gasteiger partial charge on any atom is -0.491 e. The monoisotopic (exact) mass is 776 g/mol. The molecular weight excluding hydrogens is 728 g/mol. The summed E-state index contributed by atoms with van der Waals surface area (Å²) in [6.45, 7) is 9.40. The van der Waals surface area contributed by atoms with E-state index in [1.54, 1.807) is 12.1 Å². The van der Waals surface area contributed by atoms with E-state index in [1.807, 2.05) is 79.1 Å². The molecule has 55 heavy (non-hydrogen) atoms. The van der Waals surface area contributed by atoms with Gasteiger partial charge in [0.05, 0.1) is 83.9 Å². The molecule has 1 atom stereocenters. The topological polar surface area (TPSA) is 157 Å². The van der Waals surface area contributed by atoms with Gasteiger partial charge in [0, 0.05) is 34.8 Å². The predicted octanol–water partition coefficient (Wildman–Crippen LogP) is 4.54. The first-order chi connectivity index (χ1) is 26.9. The van der Waals surface area contributed by atoms with Gasteiger partial charge < -0.3 is 39.1 Å². The first-order valence-electron chi connectivity index (χ1n) is 18.5. The number of carbonyl (C=O) groups excluding carboxylic acids is 2. The van der Waals surface area contributed by atoms with E-state index in [4.69, 9.17) is 45.0 Å². The summed E-state index contributed by atoms with van der Waals surface area (Å²) in [5.74, 6) is 1.69. The lowest BCUT2D eigenvalue weighted by Gasteiger charge is -2.15. The maximum atomic E-state index is 12.7. The molecule has 2 heterocycles. The molecule has 14 nitrogen and oxygen atoms in total. The summed E-state index contributed by atoms with van der Waals surface area (Å²) in [5, 5.41) is 15.1. The van der Waals surface area contributed by atoms with Crippen LogP contribution in [0.5, 0.6) is 5.75 Å². The summed E-state index contributed by atoms with van der Waals surface area (Å²) in [6.07, 6.45) is 0.127. The van der Waals surface area contributed by atoms with Crippen LogP contribution in [0.4, 0.5) is 0 Å². The fourth-order valence-corrected chi connectivity index (χ4v) is 5.84. The van der Waals surface area contributed by atoms with E-state index in [0.29, 0.717) is 119 Å². The van der Waals surface area contributed by atoms with Crippen LogP contribution in [-0.4, -0.2) is 118 Å². The molecule has 0 spiro atoms. The van der Waals surface area contributed by atoms with Crippen molar-refractivity contribution in [1.29, 1.82) is 0 Å². The molecule has 1 aliphatic heterocycles. The third-order valence-corrected chi connectivity index (χ3v) is 8.57. The van der Waals surface area contributed by atoms with Crippen molar-refractivity contribution in [1.82, 2.24) is 25.4 Å². The highest BCUT2D eigenvalue weighted by molar-refractivity contribution is 6.30. The zero-order valence-corrected chi connectivity index (χ0v) is 32.1. The molecule has 0 unspecified atom stereocenters. The van der Waals surface area contributed by atoms with E-state index in [2.05, 4.69) is 20.8 Å². The second-order valence-electron chi connectivity index (χ2n) is 12.3. The van der Waals surface area contributed by atoms with Gasteiger partial charge in [-0.15, -0.1) is 10.2 Å². The van der Waals surface area contributed by atoms with Crippen molar-refractivity contribution in [2.75, 3.05) is 85.8 Å². The van der Waals surface area contributed by atoms with Crippen molar-refractivity contribution < 1.29 is 38.0 Å². The van der Waals surface area contributed by atoms with Crippen molar-refractivity contribution >= 4 is 29.1 Å².